The first kappa shape index (κ1) is 20.7. The molecule has 0 aromatic heterocycles. The van der Waals surface area contributed by atoms with Crippen molar-refractivity contribution in [1.29, 1.82) is 0 Å². The van der Waals surface area contributed by atoms with E-state index in [4.69, 9.17) is 6.15 Å². The van der Waals surface area contributed by atoms with Crippen molar-refractivity contribution in [1.82, 2.24) is 0 Å². The normalized spacial score (nSPS) is 13.5. The van der Waals surface area contributed by atoms with E-state index in [1.54, 1.807) is 0 Å². The second-order valence-corrected chi connectivity index (χ2v) is 7.21. The van der Waals surface area contributed by atoms with Gasteiger partial charge in [0.15, 0.2) is 0 Å². The van der Waals surface area contributed by atoms with Gasteiger partial charge in [-0.2, -0.15) is 0 Å². The van der Waals surface area contributed by atoms with Gasteiger partial charge < -0.3 is 0 Å². The van der Waals surface area contributed by atoms with Crippen LogP contribution in [0.3, 0.4) is 0 Å². The van der Waals surface area contributed by atoms with E-state index in [-0.39, 0.29) is 11.9 Å². The second kappa shape index (κ2) is 13.4. The summed E-state index contributed by atoms with van der Waals surface area (Å²) < 4.78 is 10.3. The Kier molecular flexibility index (Phi) is 13.2. The number of carbonyl (C=O) groups excluding carboxylic acids is 2. The topological polar surface area (TPSA) is 52.6 Å². The first-order chi connectivity index (χ1) is 10.1. The molecule has 0 aliphatic carbocycles. The zero-order valence-corrected chi connectivity index (χ0v) is 16.8. The molecule has 0 aliphatic rings. The van der Waals surface area contributed by atoms with Crippen LogP contribution in [0.1, 0.15) is 79.1 Å². The van der Waals surface area contributed by atoms with Crippen LogP contribution in [0.2, 0.25) is 0 Å². The van der Waals surface area contributed by atoms with Crippen molar-refractivity contribution >= 4 is 33.9 Å². The van der Waals surface area contributed by atoms with E-state index in [9.17, 15) is 9.59 Å². The Bertz CT molecular complexity index is 266. The zero-order chi connectivity index (χ0) is 16.1. The van der Waals surface area contributed by atoms with Crippen molar-refractivity contribution in [3.63, 3.8) is 0 Å². The first-order valence-electron chi connectivity index (χ1n) is 8.21. The van der Waals surface area contributed by atoms with Crippen LogP contribution in [0.15, 0.2) is 0 Å². The molecule has 0 bridgehead atoms. The Morgan fingerprint density at radius 1 is 0.810 bits per heavy atom. The molecule has 0 fully saturated rings. The van der Waals surface area contributed by atoms with E-state index in [2.05, 4.69) is 27.7 Å². The van der Waals surface area contributed by atoms with Gasteiger partial charge in [-0.25, -0.2) is 0 Å². The molecule has 5 heteroatoms. The molecular formula is C16H30O4Sn. The van der Waals surface area contributed by atoms with Crippen molar-refractivity contribution < 1.29 is 15.7 Å². The SMILES string of the molecule is CCCC(CC)CC(=O)[O][Sn][O]C(=O)CC(CC)CCC. The first-order valence-corrected chi connectivity index (χ1v) is 10.5. The predicted octanol–water partition coefficient (Wildman–Crippen LogP) is 4.04. The summed E-state index contributed by atoms with van der Waals surface area (Å²) in [6.45, 7) is 8.42. The standard InChI is InChI=1S/2C8H16O2.Sn/c2*1-3-5-7(4-2)6-8(9)10;/h2*7H,3-6H2,1-2H3,(H,9,10);/q;;+2/p-2. The van der Waals surface area contributed by atoms with Crippen LogP contribution in [0.4, 0.5) is 0 Å². The van der Waals surface area contributed by atoms with Gasteiger partial charge >= 0.3 is 141 Å². The van der Waals surface area contributed by atoms with E-state index in [0.29, 0.717) is 24.7 Å². The minimum atomic E-state index is -1.80. The van der Waals surface area contributed by atoms with Crippen molar-refractivity contribution in [3.05, 3.63) is 0 Å². The van der Waals surface area contributed by atoms with Gasteiger partial charge in [0.1, 0.15) is 0 Å². The molecule has 122 valence electrons. The van der Waals surface area contributed by atoms with Crippen molar-refractivity contribution in [2.24, 2.45) is 11.8 Å². The van der Waals surface area contributed by atoms with Crippen LogP contribution >= 0.6 is 0 Å². The van der Waals surface area contributed by atoms with Gasteiger partial charge in [0.05, 0.1) is 0 Å². The third kappa shape index (κ3) is 11.0. The molecular weight excluding hydrogens is 375 g/mol. The van der Waals surface area contributed by atoms with Crippen LogP contribution in [0.5, 0.6) is 0 Å². The van der Waals surface area contributed by atoms with Gasteiger partial charge in [0.2, 0.25) is 0 Å². The summed E-state index contributed by atoms with van der Waals surface area (Å²) in [6.07, 6.45) is 7.14. The van der Waals surface area contributed by atoms with Crippen molar-refractivity contribution in [2.45, 2.75) is 79.1 Å². The van der Waals surface area contributed by atoms with E-state index in [1.807, 2.05) is 0 Å². The number of rotatable bonds is 12. The molecule has 0 rings (SSSR count). The third-order valence-corrected chi connectivity index (χ3v) is 5.55. The maximum atomic E-state index is 11.7. The van der Waals surface area contributed by atoms with E-state index in [1.165, 1.54) is 0 Å². The Morgan fingerprint density at radius 2 is 1.19 bits per heavy atom. The Balaban J connectivity index is 3.86. The van der Waals surface area contributed by atoms with E-state index < -0.39 is 22.0 Å². The molecule has 0 saturated carbocycles. The number of hydrogen-bond acceptors (Lipinski definition) is 4. The summed E-state index contributed by atoms with van der Waals surface area (Å²) in [6, 6.07) is 0. The summed E-state index contributed by atoms with van der Waals surface area (Å²) in [5.41, 5.74) is 0. The summed E-state index contributed by atoms with van der Waals surface area (Å²) in [7, 11) is 0. The molecule has 0 saturated heterocycles. The van der Waals surface area contributed by atoms with Crippen LogP contribution in [0, 0.1) is 11.8 Å². The molecule has 0 aliphatic heterocycles. The predicted molar refractivity (Wildman–Crippen MR) is 84.6 cm³/mol. The molecule has 0 spiro atoms. The summed E-state index contributed by atoms with van der Waals surface area (Å²) in [4.78, 5) is 23.4. The van der Waals surface area contributed by atoms with Gasteiger partial charge in [-0.05, 0) is 0 Å². The molecule has 4 nitrogen and oxygen atoms in total. The average Bonchev–Trinajstić information content (AvgIpc) is 2.46. The van der Waals surface area contributed by atoms with Gasteiger partial charge in [0, 0.05) is 0 Å². The second-order valence-electron chi connectivity index (χ2n) is 5.57. The maximum absolute atomic E-state index is 11.7. The summed E-state index contributed by atoms with van der Waals surface area (Å²) >= 11 is -1.80. The van der Waals surface area contributed by atoms with Crippen molar-refractivity contribution in [3.8, 4) is 0 Å². The quantitative estimate of drug-likeness (QED) is 0.460. The molecule has 0 heterocycles. The van der Waals surface area contributed by atoms with Crippen molar-refractivity contribution in [2.75, 3.05) is 0 Å². The Labute approximate surface area is 140 Å². The van der Waals surface area contributed by atoms with Gasteiger partial charge in [-0.1, -0.05) is 0 Å². The summed E-state index contributed by atoms with van der Waals surface area (Å²) in [5.74, 6) is 0.392. The monoisotopic (exact) mass is 406 g/mol. The zero-order valence-electron chi connectivity index (χ0n) is 13.9. The van der Waals surface area contributed by atoms with Crippen LogP contribution in [-0.4, -0.2) is 33.9 Å². The number of hydrogen-bond donors (Lipinski definition) is 0. The Morgan fingerprint density at radius 3 is 1.48 bits per heavy atom. The minimum absolute atomic E-state index is 0.199. The Hall–Kier alpha value is -0.261. The molecule has 2 radical (unpaired) electrons. The van der Waals surface area contributed by atoms with E-state index >= 15 is 0 Å². The summed E-state index contributed by atoms with van der Waals surface area (Å²) in [5, 5.41) is 0. The fourth-order valence-corrected chi connectivity index (χ4v) is 3.51. The van der Waals surface area contributed by atoms with Crippen LogP contribution < -0.4 is 0 Å². The molecule has 0 amide bonds. The molecule has 0 aromatic carbocycles. The van der Waals surface area contributed by atoms with Crippen LogP contribution in [-0.2, 0) is 15.7 Å². The van der Waals surface area contributed by atoms with E-state index in [0.717, 1.165) is 38.5 Å². The van der Waals surface area contributed by atoms with Gasteiger partial charge in [-0.3, -0.25) is 0 Å². The molecule has 0 aromatic rings. The molecule has 0 N–H and O–H groups in total. The molecule has 2 unspecified atom stereocenters. The van der Waals surface area contributed by atoms with Crippen LogP contribution in [0.25, 0.3) is 0 Å². The fourth-order valence-electron chi connectivity index (χ4n) is 2.39. The van der Waals surface area contributed by atoms with Gasteiger partial charge in [0.25, 0.3) is 0 Å². The average molecular weight is 405 g/mol. The fraction of sp³-hybridized carbons (Fsp3) is 0.875. The third-order valence-electron chi connectivity index (χ3n) is 3.77. The molecule has 21 heavy (non-hydrogen) atoms. The van der Waals surface area contributed by atoms with Gasteiger partial charge in [-0.15, -0.1) is 0 Å². The molecule has 2 atom stereocenters. The number of carbonyl (C=O) groups is 2.